The van der Waals surface area contributed by atoms with Crippen molar-refractivity contribution in [2.24, 2.45) is 0 Å². The molecule has 1 N–H and O–H groups in total. The van der Waals surface area contributed by atoms with Crippen LogP contribution >= 0.6 is 11.6 Å². The number of carbonyl (C=O) groups excluding carboxylic acids is 2. The fraction of sp³-hybridized carbons (Fsp3) is 0.212. The van der Waals surface area contributed by atoms with E-state index in [4.69, 9.17) is 11.6 Å². The van der Waals surface area contributed by atoms with Gasteiger partial charge in [0.05, 0.1) is 0 Å². The first-order valence-electron chi connectivity index (χ1n) is 12.8. The van der Waals surface area contributed by atoms with Gasteiger partial charge in [0, 0.05) is 39.8 Å². The molecule has 5 heteroatoms. The molecule has 4 nitrogen and oxygen atoms in total. The molecule has 1 unspecified atom stereocenters. The quantitative estimate of drug-likeness (QED) is 0.294. The molecule has 4 aromatic rings. The van der Waals surface area contributed by atoms with Crippen LogP contribution in [0.25, 0.3) is 11.1 Å². The number of fused-ring (bicyclic) bond motifs is 1. The van der Waals surface area contributed by atoms with Crippen molar-refractivity contribution in [3.8, 4) is 11.1 Å². The molecule has 1 aliphatic heterocycles. The summed E-state index contributed by atoms with van der Waals surface area (Å²) in [6.07, 6.45) is 0.750. The first-order valence-corrected chi connectivity index (χ1v) is 13.1. The molecule has 0 saturated carbocycles. The maximum Gasteiger partial charge on any atom is 0.255 e. The maximum absolute atomic E-state index is 13.2. The molecule has 5 rings (SSSR count). The summed E-state index contributed by atoms with van der Waals surface area (Å²) < 4.78 is 0. The zero-order chi connectivity index (χ0) is 27.1. The third-order valence-electron chi connectivity index (χ3n) is 7.53. The zero-order valence-corrected chi connectivity index (χ0v) is 22.8. The van der Waals surface area contributed by atoms with E-state index >= 15 is 0 Å². The average Bonchev–Trinajstić information content (AvgIpc) is 2.89. The summed E-state index contributed by atoms with van der Waals surface area (Å²) >= 11 is 6.00. The molecule has 38 heavy (non-hydrogen) atoms. The van der Waals surface area contributed by atoms with Crippen molar-refractivity contribution in [1.29, 1.82) is 0 Å². The minimum Gasteiger partial charge on any atom is -0.322 e. The van der Waals surface area contributed by atoms with Gasteiger partial charge in [-0.2, -0.15) is 0 Å². The Labute approximate surface area is 229 Å². The number of nitrogens with zero attached hydrogens (tertiary/aromatic N) is 1. The van der Waals surface area contributed by atoms with Crippen LogP contribution in [0.1, 0.15) is 55.6 Å². The summed E-state index contributed by atoms with van der Waals surface area (Å²) in [5.41, 5.74) is 5.68. The molecular weight excluding hydrogens is 492 g/mol. The second-order valence-corrected chi connectivity index (χ2v) is 11.2. The van der Waals surface area contributed by atoms with Crippen LogP contribution in [0.2, 0.25) is 5.02 Å². The van der Waals surface area contributed by atoms with Crippen LogP contribution in [0.15, 0.2) is 97.1 Å². The summed E-state index contributed by atoms with van der Waals surface area (Å²) in [7, 11) is 0. The van der Waals surface area contributed by atoms with E-state index in [9.17, 15) is 9.59 Å². The lowest BCUT2D eigenvalue weighted by Gasteiger charge is -2.51. The lowest BCUT2D eigenvalue weighted by atomic mass is 9.65. The Kier molecular flexibility index (Phi) is 6.62. The first-order chi connectivity index (χ1) is 18.1. The normalized spacial score (nSPS) is 18.0. The topological polar surface area (TPSA) is 49.4 Å². The van der Waals surface area contributed by atoms with Gasteiger partial charge >= 0.3 is 0 Å². The molecule has 2 amide bonds. The summed E-state index contributed by atoms with van der Waals surface area (Å²) in [5.74, 6) is -0.183. The highest BCUT2D eigenvalue weighted by molar-refractivity contribution is 6.30. The Bertz CT molecular complexity index is 1490. The van der Waals surface area contributed by atoms with E-state index in [1.807, 2.05) is 89.8 Å². The number of rotatable bonds is 4. The molecule has 0 bridgehead atoms. The predicted molar refractivity (Wildman–Crippen MR) is 156 cm³/mol. The molecule has 0 radical (unpaired) electrons. The lowest BCUT2D eigenvalue weighted by molar-refractivity contribution is -0.117. The van der Waals surface area contributed by atoms with E-state index in [2.05, 4.69) is 38.2 Å². The summed E-state index contributed by atoms with van der Waals surface area (Å²) in [6.45, 7) is 8.06. The van der Waals surface area contributed by atoms with Crippen LogP contribution in [0.5, 0.6) is 0 Å². The largest absolute Gasteiger partial charge is 0.322 e. The van der Waals surface area contributed by atoms with Crippen molar-refractivity contribution >= 4 is 34.8 Å². The minimum absolute atomic E-state index is 0.00363. The fourth-order valence-corrected chi connectivity index (χ4v) is 6.06. The van der Waals surface area contributed by atoms with Gasteiger partial charge in [-0.1, -0.05) is 73.1 Å². The Morgan fingerprint density at radius 3 is 2.03 bits per heavy atom. The van der Waals surface area contributed by atoms with Gasteiger partial charge in [-0.15, -0.1) is 0 Å². The number of carbonyl (C=O) groups is 2. The monoisotopic (exact) mass is 522 g/mol. The van der Waals surface area contributed by atoms with Gasteiger partial charge in [0.15, 0.2) is 0 Å². The van der Waals surface area contributed by atoms with Gasteiger partial charge in [0.1, 0.15) is 0 Å². The molecule has 0 saturated heterocycles. The number of nitrogens with one attached hydrogen (secondary N) is 1. The van der Waals surface area contributed by atoms with Crippen molar-refractivity contribution in [3.63, 3.8) is 0 Å². The van der Waals surface area contributed by atoms with Crippen LogP contribution in [0.4, 0.5) is 11.4 Å². The summed E-state index contributed by atoms with van der Waals surface area (Å²) in [4.78, 5) is 27.8. The van der Waals surface area contributed by atoms with Crippen molar-refractivity contribution in [1.82, 2.24) is 0 Å². The van der Waals surface area contributed by atoms with Crippen LogP contribution in [0, 0.1) is 0 Å². The number of anilines is 2. The molecule has 0 fully saturated rings. The highest BCUT2D eigenvalue weighted by Gasteiger charge is 2.47. The van der Waals surface area contributed by atoms with Gasteiger partial charge in [-0.05, 0) is 85.0 Å². The zero-order valence-electron chi connectivity index (χ0n) is 22.1. The first kappa shape index (κ1) is 25.7. The van der Waals surface area contributed by atoms with Gasteiger partial charge in [0.2, 0.25) is 5.91 Å². The standard InChI is InChI=1S/C33H31ClN2O2/c1-22(37)36-30-19-18-28(20-29(30)33(4,21-32(36,2)3)26-8-6-5-7-9-26)35-31(38)25-12-10-23(11-13-25)24-14-16-27(34)17-15-24/h5-20H,21H2,1-4H3,(H,35,38). The minimum atomic E-state index is -0.375. The highest BCUT2D eigenvalue weighted by Crippen LogP contribution is 2.51. The van der Waals surface area contributed by atoms with Gasteiger partial charge in [0.25, 0.3) is 5.91 Å². The van der Waals surface area contributed by atoms with Gasteiger partial charge in [-0.25, -0.2) is 0 Å². The average molecular weight is 523 g/mol. The third kappa shape index (κ3) is 4.72. The van der Waals surface area contributed by atoms with Crippen molar-refractivity contribution < 1.29 is 9.59 Å². The molecular formula is C33H31ClN2O2. The van der Waals surface area contributed by atoms with Crippen LogP contribution < -0.4 is 10.2 Å². The van der Waals surface area contributed by atoms with E-state index in [0.717, 1.165) is 28.8 Å². The maximum atomic E-state index is 13.2. The van der Waals surface area contributed by atoms with E-state index in [1.165, 1.54) is 5.56 Å². The molecule has 0 spiro atoms. The number of benzene rings is 4. The van der Waals surface area contributed by atoms with Crippen LogP contribution in [-0.2, 0) is 10.2 Å². The fourth-order valence-electron chi connectivity index (χ4n) is 5.94. The van der Waals surface area contributed by atoms with Crippen molar-refractivity contribution in [2.75, 3.05) is 10.2 Å². The number of hydrogen-bond acceptors (Lipinski definition) is 2. The van der Waals surface area contributed by atoms with Gasteiger partial charge < -0.3 is 10.2 Å². The lowest BCUT2D eigenvalue weighted by Crippen LogP contribution is -2.55. The summed E-state index contributed by atoms with van der Waals surface area (Å²) in [6, 6.07) is 31.4. The van der Waals surface area contributed by atoms with Crippen LogP contribution in [-0.4, -0.2) is 17.4 Å². The van der Waals surface area contributed by atoms with Crippen molar-refractivity contribution in [3.05, 3.63) is 119 Å². The molecule has 0 aliphatic carbocycles. The Hall–Kier alpha value is -3.89. The molecule has 4 aromatic carbocycles. The Morgan fingerprint density at radius 2 is 1.42 bits per heavy atom. The van der Waals surface area contributed by atoms with Gasteiger partial charge in [-0.3, -0.25) is 9.59 Å². The summed E-state index contributed by atoms with van der Waals surface area (Å²) in [5, 5.41) is 3.76. The third-order valence-corrected chi connectivity index (χ3v) is 7.78. The molecule has 1 atom stereocenters. The predicted octanol–water partition coefficient (Wildman–Crippen LogP) is 8.10. The Balaban J connectivity index is 1.48. The van der Waals surface area contributed by atoms with E-state index in [0.29, 0.717) is 16.3 Å². The number of halogens is 1. The number of amides is 2. The second kappa shape index (κ2) is 9.77. The van der Waals surface area contributed by atoms with Crippen molar-refractivity contribution in [2.45, 2.75) is 45.1 Å². The Morgan fingerprint density at radius 1 is 0.816 bits per heavy atom. The second-order valence-electron chi connectivity index (χ2n) is 10.8. The number of hydrogen-bond donors (Lipinski definition) is 1. The smallest absolute Gasteiger partial charge is 0.255 e. The van der Waals surface area contributed by atoms with E-state index < -0.39 is 0 Å². The highest BCUT2D eigenvalue weighted by atomic mass is 35.5. The molecule has 1 heterocycles. The van der Waals surface area contributed by atoms with E-state index in [-0.39, 0.29) is 22.8 Å². The molecule has 0 aromatic heterocycles. The SMILES string of the molecule is CC(=O)N1c2ccc(NC(=O)c3ccc(-c4ccc(Cl)cc4)cc3)cc2C(C)(c2ccccc2)CC1(C)C. The van der Waals surface area contributed by atoms with E-state index in [1.54, 1.807) is 6.92 Å². The molecule has 192 valence electrons. The van der Waals surface area contributed by atoms with Crippen LogP contribution in [0.3, 0.4) is 0 Å². The molecule has 1 aliphatic rings.